The lowest BCUT2D eigenvalue weighted by atomic mass is 9.87. The van der Waals surface area contributed by atoms with Crippen LogP contribution in [0.4, 0.5) is 0 Å². The number of amides is 1. The molecular formula is C21H28N4O. The number of aromatic amines is 1. The normalized spacial score (nSPS) is 20.8. The summed E-state index contributed by atoms with van der Waals surface area (Å²) in [6, 6.07) is 9.45. The maximum Gasteiger partial charge on any atom is 0.257 e. The molecule has 0 bridgehead atoms. The summed E-state index contributed by atoms with van der Waals surface area (Å²) in [7, 11) is 0. The summed E-state index contributed by atoms with van der Waals surface area (Å²) in [6.07, 6.45) is 7.13. The van der Waals surface area contributed by atoms with Crippen molar-refractivity contribution < 1.29 is 4.79 Å². The molecule has 1 aromatic heterocycles. The molecule has 1 fully saturated rings. The number of benzene rings is 1. The Hall–Kier alpha value is -2.14. The van der Waals surface area contributed by atoms with Crippen LogP contribution in [0.3, 0.4) is 0 Å². The van der Waals surface area contributed by atoms with Gasteiger partial charge in [0.2, 0.25) is 0 Å². The first-order valence-electron chi connectivity index (χ1n) is 9.88. The summed E-state index contributed by atoms with van der Waals surface area (Å²) in [4.78, 5) is 17.4. The molecular weight excluding hydrogens is 324 g/mol. The number of carbonyl (C=O) groups is 1. The number of hydrogen-bond donors (Lipinski definition) is 1. The van der Waals surface area contributed by atoms with Crippen molar-refractivity contribution in [3.63, 3.8) is 0 Å². The van der Waals surface area contributed by atoms with Crippen LogP contribution in [-0.4, -0.2) is 58.1 Å². The van der Waals surface area contributed by atoms with Gasteiger partial charge in [-0.25, -0.2) is 0 Å². The smallest absolute Gasteiger partial charge is 0.257 e. The van der Waals surface area contributed by atoms with Crippen molar-refractivity contribution in [1.82, 2.24) is 20.0 Å². The Morgan fingerprint density at radius 2 is 1.96 bits per heavy atom. The van der Waals surface area contributed by atoms with Crippen LogP contribution >= 0.6 is 0 Å². The van der Waals surface area contributed by atoms with E-state index in [9.17, 15) is 4.79 Å². The van der Waals surface area contributed by atoms with E-state index in [1.807, 2.05) is 4.90 Å². The largest absolute Gasteiger partial charge is 0.336 e. The lowest BCUT2D eigenvalue weighted by molar-refractivity contribution is 0.0552. The van der Waals surface area contributed by atoms with Gasteiger partial charge in [0.15, 0.2) is 0 Å². The highest BCUT2D eigenvalue weighted by Gasteiger charge is 2.29. The standard InChI is InChI=1S/C21H28N4O/c1-2-5-20-19(15-22-23-20)21(26)25-12-10-24(11-13-25)18-9-8-16-6-3-4-7-17(16)14-18/h3-4,6-7,15,18H,2,5,8-14H2,1H3,(H,22,23)/t18-/m1/s1. The minimum Gasteiger partial charge on any atom is -0.336 e. The third-order valence-corrected chi connectivity index (χ3v) is 5.89. The molecule has 0 saturated carbocycles. The first-order valence-corrected chi connectivity index (χ1v) is 9.88. The summed E-state index contributed by atoms with van der Waals surface area (Å²) < 4.78 is 0. The Labute approximate surface area is 155 Å². The van der Waals surface area contributed by atoms with Crippen molar-refractivity contribution in [2.75, 3.05) is 26.2 Å². The molecule has 0 radical (unpaired) electrons. The highest BCUT2D eigenvalue weighted by Crippen LogP contribution is 2.25. The highest BCUT2D eigenvalue weighted by atomic mass is 16.2. The molecule has 1 atom stereocenters. The van der Waals surface area contributed by atoms with Crippen LogP contribution in [-0.2, 0) is 19.3 Å². The number of aryl methyl sites for hydroxylation is 2. The minimum atomic E-state index is 0.135. The van der Waals surface area contributed by atoms with Gasteiger partial charge >= 0.3 is 0 Å². The molecule has 1 aliphatic carbocycles. The molecule has 1 amide bonds. The summed E-state index contributed by atoms with van der Waals surface area (Å²) in [6.45, 7) is 5.69. The van der Waals surface area contributed by atoms with Gasteiger partial charge in [0, 0.05) is 37.9 Å². The fourth-order valence-corrected chi connectivity index (χ4v) is 4.39. The Morgan fingerprint density at radius 3 is 2.73 bits per heavy atom. The molecule has 1 aromatic carbocycles. The number of carbonyl (C=O) groups excluding carboxylic acids is 1. The van der Waals surface area contributed by atoms with Gasteiger partial charge in [-0.1, -0.05) is 37.6 Å². The van der Waals surface area contributed by atoms with Crippen molar-refractivity contribution >= 4 is 5.91 Å². The molecule has 1 aliphatic heterocycles. The monoisotopic (exact) mass is 352 g/mol. The van der Waals surface area contributed by atoms with Gasteiger partial charge in [-0.15, -0.1) is 0 Å². The Kier molecular flexibility index (Phi) is 5.07. The van der Waals surface area contributed by atoms with Crippen molar-refractivity contribution in [3.05, 3.63) is 52.8 Å². The molecule has 5 heteroatoms. The molecule has 1 N–H and O–H groups in total. The number of fused-ring (bicyclic) bond motifs is 1. The number of rotatable bonds is 4. The van der Waals surface area contributed by atoms with E-state index in [-0.39, 0.29) is 5.91 Å². The van der Waals surface area contributed by atoms with E-state index in [1.165, 1.54) is 24.0 Å². The second-order valence-electron chi connectivity index (χ2n) is 7.51. The molecule has 0 spiro atoms. The fraction of sp³-hybridized carbons (Fsp3) is 0.524. The van der Waals surface area contributed by atoms with Gasteiger partial charge in [0.05, 0.1) is 11.8 Å². The Balaban J connectivity index is 1.36. The predicted molar refractivity (Wildman–Crippen MR) is 102 cm³/mol. The molecule has 5 nitrogen and oxygen atoms in total. The van der Waals surface area contributed by atoms with Crippen LogP contribution in [0.5, 0.6) is 0 Å². The summed E-state index contributed by atoms with van der Waals surface area (Å²) in [5.74, 6) is 0.135. The summed E-state index contributed by atoms with van der Waals surface area (Å²) >= 11 is 0. The number of piperazine rings is 1. The van der Waals surface area contributed by atoms with Crippen molar-refractivity contribution in [2.45, 2.75) is 45.1 Å². The van der Waals surface area contributed by atoms with E-state index in [4.69, 9.17) is 0 Å². The highest BCUT2D eigenvalue weighted by molar-refractivity contribution is 5.95. The number of nitrogens with one attached hydrogen (secondary N) is 1. The maximum atomic E-state index is 12.9. The van der Waals surface area contributed by atoms with Crippen molar-refractivity contribution in [2.24, 2.45) is 0 Å². The zero-order valence-corrected chi connectivity index (χ0v) is 15.6. The van der Waals surface area contributed by atoms with E-state index >= 15 is 0 Å². The molecule has 26 heavy (non-hydrogen) atoms. The van der Waals surface area contributed by atoms with Crippen LogP contribution in [0.2, 0.25) is 0 Å². The molecule has 2 aliphatic rings. The van der Waals surface area contributed by atoms with E-state index in [2.05, 4.69) is 46.3 Å². The predicted octanol–water partition coefficient (Wildman–Crippen LogP) is 2.68. The van der Waals surface area contributed by atoms with Gasteiger partial charge in [-0.2, -0.15) is 5.10 Å². The van der Waals surface area contributed by atoms with E-state index < -0.39 is 0 Å². The zero-order chi connectivity index (χ0) is 17.9. The molecule has 2 aromatic rings. The average Bonchev–Trinajstić information content (AvgIpc) is 3.16. The lowest BCUT2D eigenvalue weighted by Crippen LogP contribution is -2.53. The van der Waals surface area contributed by atoms with Crippen molar-refractivity contribution in [1.29, 1.82) is 0 Å². The van der Waals surface area contributed by atoms with Gasteiger partial charge in [-0.05, 0) is 36.8 Å². The van der Waals surface area contributed by atoms with Crippen LogP contribution < -0.4 is 0 Å². The van der Waals surface area contributed by atoms with Crippen LogP contribution in [0.25, 0.3) is 0 Å². The number of aromatic nitrogens is 2. The molecule has 2 heterocycles. The minimum absolute atomic E-state index is 0.135. The number of nitrogens with zero attached hydrogens (tertiary/aromatic N) is 3. The molecule has 138 valence electrons. The first kappa shape index (κ1) is 17.3. The average molecular weight is 352 g/mol. The molecule has 4 rings (SSSR count). The first-order chi connectivity index (χ1) is 12.8. The second-order valence-corrected chi connectivity index (χ2v) is 7.51. The van der Waals surface area contributed by atoms with Gasteiger partial charge < -0.3 is 4.90 Å². The second kappa shape index (κ2) is 7.62. The van der Waals surface area contributed by atoms with Crippen LogP contribution in [0.1, 0.15) is 46.9 Å². The fourth-order valence-electron chi connectivity index (χ4n) is 4.39. The Bertz CT molecular complexity index is 761. The van der Waals surface area contributed by atoms with Crippen LogP contribution in [0.15, 0.2) is 30.5 Å². The Morgan fingerprint density at radius 1 is 1.19 bits per heavy atom. The van der Waals surface area contributed by atoms with E-state index in [0.29, 0.717) is 6.04 Å². The van der Waals surface area contributed by atoms with Gasteiger partial charge in [0.1, 0.15) is 0 Å². The third kappa shape index (κ3) is 3.40. The van der Waals surface area contributed by atoms with Crippen molar-refractivity contribution in [3.8, 4) is 0 Å². The zero-order valence-electron chi connectivity index (χ0n) is 15.6. The topological polar surface area (TPSA) is 52.2 Å². The van der Waals surface area contributed by atoms with E-state index in [1.54, 1.807) is 6.20 Å². The van der Waals surface area contributed by atoms with E-state index in [0.717, 1.165) is 56.7 Å². The maximum absolute atomic E-state index is 12.9. The summed E-state index contributed by atoms with van der Waals surface area (Å²) in [5.41, 5.74) is 4.75. The summed E-state index contributed by atoms with van der Waals surface area (Å²) in [5, 5.41) is 7.07. The van der Waals surface area contributed by atoms with Gasteiger partial charge in [0.25, 0.3) is 5.91 Å². The van der Waals surface area contributed by atoms with Gasteiger partial charge in [-0.3, -0.25) is 14.8 Å². The molecule has 0 unspecified atom stereocenters. The van der Waals surface area contributed by atoms with Crippen LogP contribution in [0, 0.1) is 0 Å². The quantitative estimate of drug-likeness (QED) is 0.920. The SMILES string of the molecule is CCCc1[nH]ncc1C(=O)N1CCN([C@@H]2CCc3ccccc3C2)CC1. The third-order valence-electron chi connectivity index (χ3n) is 5.89. The number of H-pyrrole nitrogens is 1. The lowest BCUT2D eigenvalue weighted by Gasteiger charge is -2.41. The molecule has 1 saturated heterocycles. The number of hydrogen-bond acceptors (Lipinski definition) is 3.